The second-order valence-electron chi connectivity index (χ2n) is 8.50. The Labute approximate surface area is 190 Å². The number of piperidine rings is 1. The molecule has 0 spiro atoms. The Morgan fingerprint density at radius 3 is 2.83 bits per heavy atom. The average molecular weight is 484 g/mol. The van der Waals surface area contributed by atoms with E-state index in [1.165, 1.54) is 31.5 Å². The van der Waals surface area contributed by atoms with Crippen molar-refractivity contribution in [2.75, 3.05) is 25.4 Å². The molecule has 0 radical (unpaired) electrons. The van der Waals surface area contributed by atoms with Gasteiger partial charge in [-0.15, -0.1) is 10.2 Å². The van der Waals surface area contributed by atoms with Crippen molar-refractivity contribution in [3.63, 3.8) is 0 Å². The molecule has 5 rings (SSSR count). The Morgan fingerprint density at radius 2 is 2.03 bits per heavy atom. The maximum atomic E-state index is 4.41. The van der Waals surface area contributed by atoms with Crippen molar-refractivity contribution in [2.45, 2.75) is 30.3 Å². The number of fused-ring (bicyclic) bond motifs is 1. The molecule has 1 saturated carbocycles. The van der Waals surface area contributed by atoms with Crippen molar-refractivity contribution in [1.82, 2.24) is 24.6 Å². The lowest BCUT2D eigenvalue weighted by molar-refractivity contribution is 0.299. The molecular weight excluding hydrogens is 458 g/mol. The summed E-state index contributed by atoms with van der Waals surface area (Å²) >= 11 is 5.35. The molecule has 1 aliphatic heterocycles. The lowest BCUT2D eigenvalue weighted by Gasteiger charge is -2.21. The van der Waals surface area contributed by atoms with Crippen LogP contribution in [0.5, 0.6) is 0 Å². The molecule has 3 heterocycles. The van der Waals surface area contributed by atoms with Gasteiger partial charge in [-0.3, -0.25) is 4.98 Å². The molecule has 0 N–H and O–H groups in total. The van der Waals surface area contributed by atoms with E-state index < -0.39 is 0 Å². The van der Waals surface area contributed by atoms with Gasteiger partial charge in [-0.2, -0.15) is 0 Å². The number of halogens is 1. The molecule has 1 aliphatic carbocycles. The van der Waals surface area contributed by atoms with Crippen LogP contribution in [0.4, 0.5) is 0 Å². The van der Waals surface area contributed by atoms with Crippen molar-refractivity contribution in [1.29, 1.82) is 0 Å². The number of thioether (sulfide) groups is 1. The molecule has 2 aliphatic rings. The van der Waals surface area contributed by atoms with E-state index in [1.807, 2.05) is 26.2 Å². The minimum Gasteiger partial charge on any atom is -0.305 e. The molecule has 2 unspecified atom stereocenters. The minimum atomic E-state index is 0.425. The minimum absolute atomic E-state index is 0.425. The SMILES string of the molecule is Cc1ncccc1-c1nnc(SCCCN2CC3CC3(c3ccc(Br)cc3)C2)n1C. The number of nitrogens with zero attached hydrogens (tertiary/aromatic N) is 5. The summed E-state index contributed by atoms with van der Waals surface area (Å²) in [5.41, 5.74) is 3.98. The van der Waals surface area contributed by atoms with Crippen molar-refractivity contribution in [3.05, 3.63) is 58.3 Å². The maximum Gasteiger partial charge on any atom is 0.191 e. The van der Waals surface area contributed by atoms with Gasteiger partial charge in [0, 0.05) is 53.2 Å². The normalized spacial score (nSPS) is 23.0. The summed E-state index contributed by atoms with van der Waals surface area (Å²) in [4.78, 5) is 7.02. The zero-order valence-corrected chi connectivity index (χ0v) is 19.8. The van der Waals surface area contributed by atoms with E-state index in [1.54, 1.807) is 11.8 Å². The van der Waals surface area contributed by atoms with Crippen LogP contribution in [0.2, 0.25) is 0 Å². The van der Waals surface area contributed by atoms with Crippen molar-refractivity contribution in [3.8, 4) is 11.4 Å². The molecule has 30 heavy (non-hydrogen) atoms. The second-order valence-corrected chi connectivity index (χ2v) is 10.5. The van der Waals surface area contributed by atoms with Gasteiger partial charge in [-0.1, -0.05) is 39.8 Å². The highest BCUT2D eigenvalue weighted by atomic mass is 79.9. The van der Waals surface area contributed by atoms with Crippen LogP contribution in [0, 0.1) is 12.8 Å². The fourth-order valence-corrected chi connectivity index (χ4v) is 5.93. The van der Waals surface area contributed by atoms with Crippen LogP contribution in [0.15, 0.2) is 52.2 Å². The van der Waals surface area contributed by atoms with E-state index in [2.05, 4.69) is 70.9 Å². The van der Waals surface area contributed by atoms with E-state index >= 15 is 0 Å². The Kier molecular flexibility index (Phi) is 5.45. The summed E-state index contributed by atoms with van der Waals surface area (Å²) in [5, 5.41) is 9.79. The first-order chi connectivity index (χ1) is 14.6. The van der Waals surface area contributed by atoms with Crippen molar-refractivity contribution < 1.29 is 0 Å². The average Bonchev–Trinajstić information content (AvgIpc) is 3.12. The zero-order chi connectivity index (χ0) is 20.7. The molecule has 5 nitrogen and oxygen atoms in total. The van der Waals surface area contributed by atoms with Gasteiger partial charge in [-0.25, -0.2) is 0 Å². The van der Waals surface area contributed by atoms with E-state index in [9.17, 15) is 0 Å². The van der Waals surface area contributed by atoms with Crippen LogP contribution >= 0.6 is 27.7 Å². The van der Waals surface area contributed by atoms with Crippen LogP contribution in [0.25, 0.3) is 11.4 Å². The van der Waals surface area contributed by atoms with Crippen LogP contribution in [0.1, 0.15) is 24.1 Å². The lowest BCUT2D eigenvalue weighted by Crippen LogP contribution is -2.27. The van der Waals surface area contributed by atoms with Crippen LogP contribution in [-0.2, 0) is 12.5 Å². The number of hydrogen-bond acceptors (Lipinski definition) is 5. The Hall–Kier alpha value is -1.70. The first kappa shape index (κ1) is 20.2. The number of hydrogen-bond donors (Lipinski definition) is 0. The summed E-state index contributed by atoms with van der Waals surface area (Å²) in [6.45, 7) is 5.63. The molecule has 3 aromatic rings. The lowest BCUT2D eigenvalue weighted by atomic mass is 9.95. The highest BCUT2D eigenvalue weighted by Gasteiger charge is 2.60. The summed E-state index contributed by atoms with van der Waals surface area (Å²) in [6.07, 6.45) is 4.34. The first-order valence-electron chi connectivity index (χ1n) is 10.5. The highest BCUT2D eigenvalue weighted by Crippen LogP contribution is 2.59. The van der Waals surface area contributed by atoms with E-state index in [0.717, 1.165) is 44.9 Å². The van der Waals surface area contributed by atoms with E-state index in [0.29, 0.717) is 5.41 Å². The first-order valence-corrected chi connectivity index (χ1v) is 12.3. The van der Waals surface area contributed by atoms with Gasteiger partial charge < -0.3 is 9.47 Å². The van der Waals surface area contributed by atoms with Gasteiger partial charge in [0.15, 0.2) is 11.0 Å². The molecule has 0 bridgehead atoms. The number of aromatic nitrogens is 4. The van der Waals surface area contributed by atoms with Crippen LogP contribution < -0.4 is 0 Å². The quantitative estimate of drug-likeness (QED) is 0.359. The third kappa shape index (κ3) is 3.72. The number of likely N-dealkylation sites (tertiary alicyclic amines) is 1. The van der Waals surface area contributed by atoms with Crippen LogP contribution in [-0.4, -0.2) is 50.0 Å². The Bertz CT molecular complexity index is 1050. The smallest absolute Gasteiger partial charge is 0.191 e. The van der Waals surface area contributed by atoms with Crippen molar-refractivity contribution in [2.24, 2.45) is 13.0 Å². The standard InChI is InChI=1S/C23H26BrN5S/c1-16-20(5-3-10-25-16)21-26-27-22(28(21)2)30-12-4-11-29-14-18-13-23(18,15-29)17-6-8-19(24)9-7-17/h3,5-10,18H,4,11-15H2,1-2H3. The number of rotatable bonds is 7. The fraction of sp³-hybridized carbons (Fsp3) is 0.435. The van der Waals surface area contributed by atoms with E-state index in [4.69, 9.17) is 0 Å². The van der Waals surface area contributed by atoms with Gasteiger partial charge in [-0.05, 0) is 62.1 Å². The Balaban J connectivity index is 1.13. The maximum absolute atomic E-state index is 4.41. The van der Waals surface area contributed by atoms with Crippen molar-refractivity contribution >= 4 is 27.7 Å². The topological polar surface area (TPSA) is 46.8 Å². The number of benzene rings is 1. The van der Waals surface area contributed by atoms with Gasteiger partial charge >= 0.3 is 0 Å². The third-order valence-corrected chi connectivity index (χ3v) is 8.20. The fourth-order valence-electron chi connectivity index (χ4n) is 4.83. The molecule has 0 amide bonds. The molecule has 1 aromatic carbocycles. The summed E-state index contributed by atoms with van der Waals surface area (Å²) in [5.74, 6) is 2.79. The molecule has 2 fully saturated rings. The molecular formula is C23H26BrN5S. The largest absolute Gasteiger partial charge is 0.305 e. The number of aryl methyl sites for hydroxylation is 1. The summed E-state index contributed by atoms with van der Waals surface area (Å²) in [6, 6.07) is 13.0. The summed E-state index contributed by atoms with van der Waals surface area (Å²) in [7, 11) is 2.04. The predicted octanol–water partition coefficient (Wildman–Crippen LogP) is 4.70. The van der Waals surface area contributed by atoms with Gasteiger partial charge in [0.25, 0.3) is 0 Å². The Morgan fingerprint density at radius 1 is 1.20 bits per heavy atom. The molecule has 2 aromatic heterocycles. The van der Waals surface area contributed by atoms with E-state index in [-0.39, 0.29) is 0 Å². The number of pyridine rings is 1. The second kappa shape index (κ2) is 8.09. The zero-order valence-electron chi connectivity index (χ0n) is 17.4. The monoisotopic (exact) mass is 483 g/mol. The van der Waals surface area contributed by atoms with Gasteiger partial charge in [0.1, 0.15) is 0 Å². The molecule has 156 valence electrons. The molecule has 1 saturated heterocycles. The predicted molar refractivity (Wildman–Crippen MR) is 125 cm³/mol. The highest BCUT2D eigenvalue weighted by molar-refractivity contribution is 9.10. The third-order valence-electron chi connectivity index (χ3n) is 6.57. The van der Waals surface area contributed by atoms with Gasteiger partial charge in [0.2, 0.25) is 0 Å². The molecule has 7 heteroatoms. The summed E-state index contributed by atoms with van der Waals surface area (Å²) < 4.78 is 3.25. The van der Waals surface area contributed by atoms with Gasteiger partial charge in [0.05, 0.1) is 0 Å². The van der Waals surface area contributed by atoms with Crippen LogP contribution in [0.3, 0.4) is 0 Å². The molecule has 2 atom stereocenters.